The van der Waals surface area contributed by atoms with Gasteiger partial charge in [-0.3, -0.25) is 0 Å². The van der Waals surface area contributed by atoms with Crippen LogP contribution in [-0.4, -0.2) is 44.3 Å². The molecule has 0 aliphatic heterocycles. The second kappa shape index (κ2) is 11.6. The van der Waals surface area contributed by atoms with Crippen molar-refractivity contribution in [1.82, 2.24) is 0 Å². The van der Waals surface area contributed by atoms with Crippen molar-refractivity contribution in [2.24, 2.45) is 5.92 Å². The highest BCUT2D eigenvalue weighted by molar-refractivity contribution is 7.99. The van der Waals surface area contributed by atoms with Crippen molar-refractivity contribution < 1.29 is 9.47 Å². The number of alkyl halides is 1. The fourth-order valence-electron chi connectivity index (χ4n) is 0.836. The van der Waals surface area contributed by atoms with Crippen molar-refractivity contribution in [2.45, 2.75) is 13.3 Å². The lowest BCUT2D eigenvalue weighted by Crippen LogP contribution is -2.04. The highest BCUT2D eigenvalue weighted by Crippen LogP contribution is 2.10. The monoisotopic (exact) mass is 240 g/mol. The third-order valence-electron chi connectivity index (χ3n) is 1.67. The van der Waals surface area contributed by atoms with Crippen LogP contribution in [0.2, 0.25) is 0 Å². The predicted octanol–water partition coefficient (Wildman–Crippen LogP) is 2.65. The summed E-state index contributed by atoms with van der Waals surface area (Å²) in [5, 5.41) is 0. The molecule has 0 fully saturated rings. The van der Waals surface area contributed by atoms with Crippen LogP contribution in [0.3, 0.4) is 0 Å². The van der Waals surface area contributed by atoms with Gasteiger partial charge in [-0.15, -0.1) is 11.6 Å². The van der Waals surface area contributed by atoms with E-state index in [0.717, 1.165) is 30.4 Å². The lowest BCUT2D eigenvalue weighted by atomic mass is 10.3. The van der Waals surface area contributed by atoms with E-state index in [2.05, 4.69) is 6.92 Å². The van der Waals surface area contributed by atoms with E-state index >= 15 is 0 Å². The van der Waals surface area contributed by atoms with E-state index in [0.29, 0.717) is 19.1 Å². The van der Waals surface area contributed by atoms with E-state index in [1.165, 1.54) is 0 Å². The van der Waals surface area contributed by atoms with Crippen LogP contribution in [0.25, 0.3) is 0 Å². The molecule has 0 radical (unpaired) electrons. The van der Waals surface area contributed by atoms with E-state index in [1.54, 1.807) is 7.11 Å². The van der Waals surface area contributed by atoms with Crippen LogP contribution in [0, 0.1) is 5.92 Å². The molecule has 0 bridgehead atoms. The molecule has 0 aromatic carbocycles. The first-order valence-corrected chi connectivity index (χ1v) is 6.70. The minimum Gasteiger partial charge on any atom is -0.382 e. The lowest BCUT2D eigenvalue weighted by Gasteiger charge is -2.06. The smallest absolute Gasteiger partial charge is 0.0700 e. The minimum atomic E-state index is 0.621. The molecule has 14 heavy (non-hydrogen) atoms. The van der Waals surface area contributed by atoms with Gasteiger partial charge in [-0.25, -0.2) is 0 Å². The zero-order valence-corrected chi connectivity index (χ0v) is 10.7. The molecular weight excluding hydrogens is 220 g/mol. The second-order valence-corrected chi connectivity index (χ2v) is 4.75. The van der Waals surface area contributed by atoms with Crippen molar-refractivity contribution in [2.75, 3.05) is 44.3 Å². The number of methoxy groups -OCH3 is 1. The Bertz CT molecular complexity index is 114. The Labute approximate surface area is 96.7 Å². The fraction of sp³-hybridized carbons (Fsp3) is 1.00. The van der Waals surface area contributed by atoms with E-state index < -0.39 is 0 Å². The fourth-order valence-corrected chi connectivity index (χ4v) is 2.08. The summed E-state index contributed by atoms with van der Waals surface area (Å²) in [6.07, 6.45) is 1.11. The van der Waals surface area contributed by atoms with Gasteiger partial charge >= 0.3 is 0 Å². The average Bonchev–Trinajstić information content (AvgIpc) is 2.21. The Hall–Kier alpha value is 0.560. The molecule has 0 spiro atoms. The Morgan fingerprint density at radius 2 is 2.07 bits per heavy atom. The first kappa shape index (κ1) is 14.6. The van der Waals surface area contributed by atoms with Gasteiger partial charge in [0.1, 0.15) is 0 Å². The van der Waals surface area contributed by atoms with Crippen molar-refractivity contribution in [3.05, 3.63) is 0 Å². The summed E-state index contributed by atoms with van der Waals surface area (Å²) in [6, 6.07) is 0. The number of halogens is 1. The summed E-state index contributed by atoms with van der Waals surface area (Å²) in [5.74, 6) is 3.70. The first-order valence-electron chi connectivity index (χ1n) is 5.01. The van der Waals surface area contributed by atoms with Gasteiger partial charge in [0, 0.05) is 19.6 Å². The van der Waals surface area contributed by atoms with Gasteiger partial charge < -0.3 is 9.47 Å². The Morgan fingerprint density at radius 1 is 1.29 bits per heavy atom. The summed E-state index contributed by atoms with van der Waals surface area (Å²) >= 11 is 7.65. The zero-order chi connectivity index (χ0) is 10.6. The van der Waals surface area contributed by atoms with Crippen molar-refractivity contribution in [1.29, 1.82) is 0 Å². The van der Waals surface area contributed by atoms with Crippen molar-refractivity contribution in [3.8, 4) is 0 Å². The molecule has 0 saturated carbocycles. The number of hydrogen-bond donors (Lipinski definition) is 0. The van der Waals surface area contributed by atoms with Crippen LogP contribution < -0.4 is 0 Å². The molecule has 0 amide bonds. The Balaban J connectivity index is 2.92. The molecule has 4 heteroatoms. The summed E-state index contributed by atoms with van der Waals surface area (Å²) in [5.41, 5.74) is 0. The molecular formula is C10H21ClO2S. The van der Waals surface area contributed by atoms with Gasteiger partial charge in [0.05, 0.1) is 13.2 Å². The molecule has 1 atom stereocenters. The van der Waals surface area contributed by atoms with E-state index in [-0.39, 0.29) is 0 Å². The van der Waals surface area contributed by atoms with Crippen LogP contribution >= 0.6 is 23.4 Å². The molecule has 2 nitrogen and oxygen atoms in total. The highest BCUT2D eigenvalue weighted by atomic mass is 35.5. The van der Waals surface area contributed by atoms with Crippen LogP contribution in [0.15, 0.2) is 0 Å². The maximum absolute atomic E-state index is 5.70. The van der Waals surface area contributed by atoms with E-state index in [4.69, 9.17) is 21.1 Å². The quantitative estimate of drug-likeness (QED) is 0.432. The van der Waals surface area contributed by atoms with Gasteiger partial charge in [-0.1, -0.05) is 6.92 Å². The molecule has 0 rings (SSSR count). The second-order valence-electron chi connectivity index (χ2n) is 3.29. The Kier molecular flexibility index (Phi) is 12.1. The van der Waals surface area contributed by atoms with Crippen molar-refractivity contribution >= 4 is 23.4 Å². The summed E-state index contributed by atoms with van der Waals surface area (Å²) in [7, 11) is 1.69. The summed E-state index contributed by atoms with van der Waals surface area (Å²) < 4.78 is 10.2. The molecule has 0 aliphatic carbocycles. The molecule has 1 unspecified atom stereocenters. The lowest BCUT2D eigenvalue weighted by molar-refractivity contribution is 0.0713. The van der Waals surface area contributed by atoms with Crippen LogP contribution in [0.4, 0.5) is 0 Å². The first-order chi connectivity index (χ1) is 6.81. The molecule has 0 aromatic heterocycles. The molecule has 0 heterocycles. The molecule has 86 valence electrons. The van der Waals surface area contributed by atoms with E-state index in [9.17, 15) is 0 Å². The number of thioether (sulfide) groups is 1. The minimum absolute atomic E-state index is 0.621. The topological polar surface area (TPSA) is 18.5 Å². The largest absolute Gasteiger partial charge is 0.382 e. The summed E-state index contributed by atoms with van der Waals surface area (Å²) in [6.45, 7) is 4.41. The van der Waals surface area contributed by atoms with Crippen LogP contribution in [-0.2, 0) is 9.47 Å². The van der Waals surface area contributed by atoms with Gasteiger partial charge in [-0.2, -0.15) is 11.8 Å². The predicted molar refractivity (Wildman–Crippen MR) is 64.5 cm³/mol. The normalized spacial score (nSPS) is 13.1. The molecule has 0 aliphatic rings. The van der Waals surface area contributed by atoms with Crippen molar-refractivity contribution in [3.63, 3.8) is 0 Å². The SMILES string of the molecule is COCCOCCCSCC(C)CCl. The molecule has 0 aromatic rings. The average molecular weight is 241 g/mol. The number of rotatable bonds is 10. The van der Waals surface area contributed by atoms with Gasteiger partial charge in [0.2, 0.25) is 0 Å². The third-order valence-corrected chi connectivity index (χ3v) is 3.58. The van der Waals surface area contributed by atoms with Crippen LogP contribution in [0.5, 0.6) is 0 Å². The molecule has 0 N–H and O–H groups in total. The zero-order valence-electron chi connectivity index (χ0n) is 9.13. The number of hydrogen-bond acceptors (Lipinski definition) is 3. The maximum Gasteiger partial charge on any atom is 0.0700 e. The van der Waals surface area contributed by atoms with Gasteiger partial charge in [0.15, 0.2) is 0 Å². The third kappa shape index (κ3) is 10.6. The van der Waals surface area contributed by atoms with E-state index in [1.807, 2.05) is 11.8 Å². The number of ether oxygens (including phenoxy) is 2. The maximum atomic E-state index is 5.70. The van der Waals surface area contributed by atoms with Gasteiger partial charge in [0.25, 0.3) is 0 Å². The Morgan fingerprint density at radius 3 is 2.71 bits per heavy atom. The molecule has 0 saturated heterocycles. The van der Waals surface area contributed by atoms with Crippen LogP contribution in [0.1, 0.15) is 13.3 Å². The highest BCUT2D eigenvalue weighted by Gasteiger charge is 1.99. The summed E-state index contributed by atoms with van der Waals surface area (Å²) in [4.78, 5) is 0. The van der Waals surface area contributed by atoms with Gasteiger partial charge in [-0.05, 0) is 23.8 Å². The standard InChI is InChI=1S/C10H21ClO2S/c1-10(8-11)9-14-7-3-4-13-6-5-12-2/h10H,3-9H2,1-2H3.